The number of piperidine rings is 1. The van der Waals surface area contributed by atoms with E-state index < -0.39 is 0 Å². The van der Waals surface area contributed by atoms with E-state index in [0.29, 0.717) is 12.5 Å². The first-order chi connectivity index (χ1) is 6.70. The smallest absolute Gasteiger partial charge is 0.293 e. The van der Waals surface area contributed by atoms with Gasteiger partial charge in [0.2, 0.25) is 0 Å². The minimum atomic E-state index is 0. The highest BCUT2D eigenvalue weighted by Gasteiger charge is 2.08. The summed E-state index contributed by atoms with van der Waals surface area (Å²) in [6.07, 6.45) is 2.36. The molecule has 1 saturated heterocycles. The van der Waals surface area contributed by atoms with Crippen molar-refractivity contribution in [1.82, 2.24) is 10.7 Å². The molecule has 7 heteroatoms. The van der Waals surface area contributed by atoms with Crippen molar-refractivity contribution in [2.75, 3.05) is 13.1 Å². The SMILES string of the molecule is CC(C)OC=O.Cl.Cl.NNC1CCNCC1. The third-order valence-electron chi connectivity index (χ3n) is 1.90. The fourth-order valence-corrected chi connectivity index (χ4v) is 1.10. The molecule has 1 fully saturated rings. The second kappa shape index (κ2) is 14.9. The molecule has 0 spiro atoms. The molecule has 0 aromatic rings. The number of carbonyl (C=O) groups is 1. The van der Waals surface area contributed by atoms with Crippen LogP contribution < -0.4 is 16.6 Å². The van der Waals surface area contributed by atoms with E-state index in [1.54, 1.807) is 13.8 Å². The molecule has 1 heterocycles. The predicted molar refractivity (Wildman–Crippen MR) is 70.0 cm³/mol. The Morgan fingerprint density at radius 2 is 1.88 bits per heavy atom. The zero-order chi connectivity index (χ0) is 10.8. The van der Waals surface area contributed by atoms with E-state index in [0.717, 1.165) is 25.9 Å². The van der Waals surface area contributed by atoms with Crippen LogP contribution in [0.3, 0.4) is 0 Å². The van der Waals surface area contributed by atoms with Crippen molar-refractivity contribution >= 4 is 31.3 Å². The van der Waals surface area contributed by atoms with Gasteiger partial charge in [-0.15, -0.1) is 24.8 Å². The molecule has 0 aromatic carbocycles. The number of ether oxygens (including phenoxy) is 1. The Morgan fingerprint density at radius 1 is 1.38 bits per heavy atom. The lowest BCUT2D eigenvalue weighted by molar-refractivity contribution is -0.131. The van der Waals surface area contributed by atoms with E-state index in [1.165, 1.54) is 0 Å². The third kappa shape index (κ3) is 13.9. The van der Waals surface area contributed by atoms with E-state index >= 15 is 0 Å². The number of hydrogen-bond donors (Lipinski definition) is 3. The minimum absolute atomic E-state index is 0. The lowest BCUT2D eigenvalue weighted by Crippen LogP contribution is -2.43. The van der Waals surface area contributed by atoms with Gasteiger partial charge in [0.05, 0.1) is 6.10 Å². The summed E-state index contributed by atoms with van der Waals surface area (Å²) >= 11 is 0. The molecule has 1 aliphatic rings. The zero-order valence-corrected chi connectivity index (χ0v) is 11.4. The molecular formula is C9H23Cl2N3O2. The number of nitrogens with two attached hydrogens (primary N) is 1. The molecule has 0 saturated carbocycles. The van der Waals surface area contributed by atoms with Crippen molar-refractivity contribution in [2.24, 2.45) is 5.84 Å². The molecule has 1 aliphatic heterocycles. The Labute approximate surface area is 110 Å². The normalized spacial score (nSPS) is 15.0. The molecule has 1 rings (SSSR count). The van der Waals surface area contributed by atoms with Gasteiger partial charge >= 0.3 is 0 Å². The van der Waals surface area contributed by atoms with Crippen LogP contribution in [0.4, 0.5) is 0 Å². The molecule has 100 valence electrons. The highest BCUT2D eigenvalue weighted by atomic mass is 35.5. The lowest BCUT2D eigenvalue weighted by Gasteiger charge is -2.20. The van der Waals surface area contributed by atoms with Crippen LogP contribution in [0.15, 0.2) is 0 Å². The van der Waals surface area contributed by atoms with E-state index in [9.17, 15) is 4.79 Å². The maximum Gasteiger partial charge on any atom is 0.293 e. The van der Waals surface area contributed by atoms with Gasteiger partial charge in [0.15, 0.2) is 0 Å². The standard InChI is InChI=1S/C5H13N3.C4H8O2.2ClH/c6-8-5-1-3-7-4-2-5;1-4(2)6-3-5;;/h5,7-8H,1-4,6H2;3-4H,1-2H3;2*1H. The van der Waals surface area contributed by atoms with Gasteiger partial charge < -0.3 is 10.1 Å². The van der Waals surface area contributed by atoms with Crippen molar-refractivity contribution in [3.8, 4) is 0 Å². The van der Waals surface area contributed by atoms with Gasteiger partial charge in [-0.1, -0.05) is 0 Å². The third-order valence-corrected chi connectivity index (χ3v) is 1.90. The second-order valence-electron chi connectivity index (χ2n) is 3.47. The number of halogens is 2. The molecule has 0 atom stereocenters. The summed E-state index contributed by atoms with van der Waals surface area (Å²) in [7, 11) is 0. The first-order valence-corrected chi connectivity index (χ1v) is 4.96. The van der Waals surface area contributed by atoms with Crippen LogP contribution in [0.2, 0.25) is 0 Å². The summed E-state index contributed by atoms with van der Waals surface area (Å²) < 4.78 is 4.36. The Hall–Kier alpha value is -0.0700. The molecule has 0 amide bonds. The van der Waals surface area contributed by atoms with Crippen LogP contribution in [0.25, 0.3) is 0 Å². The van der Waals surface area contributed by atoms with Gasteiger partial charge in [0, 0.05) is 6.04 Å². The molecule has 4 N–H and O–H groups in total. The molecule has 16 heavy (non-hydrogen) atoms. The van der Waals surface area contributed by atoms with Crippen LogP contribution in [0.1, 0.15) is 26.7 Å². The van der Waals surface area contributed by atoms with Gasteiger partial charge in [0.1, 0.15) is 0 Å². The number of carbonyl (C=O) groups excluding carboxylic acids is 1. The van der Waals surface area contributed by atoms with Crippen molar-refractivity contribution in [3.05, 3.63) is 0 Å². The predicted octanol–water partition coefficient (Wildman–Crippen LogP) is 0.613. The zero-order valence-electron chi connectivity index (χ0n) is 9.77. The van der Waals surface area contributed by atoms with Gasteiger partial charge in [-0.05, 0) is 39.8 Å². The van der Waals surface area contributed by atoms with Crippen LogP contribution >= 0.6 is 24.8 Å². The fraction of sp³-hybridized carbons (Fsp3) is 0.889. The van der Waals surface area contributed by atoms with Gasteiger partial charge in [-0.3, -0.25) is 16.1 Å². The quantitative estimate of drug-likeness (QED) is 0.400. The average molecular weight is 276 g/mol. The Kier molecular flexibility index (Phi) is 19.8. The maximum atomic E-state index is 9.39. The molecular weight excluding hydrogens is 253 g/mol. The highest BCUT2D eigenvalue weighted by molar-refractivity contribution is 5.85. The Bertz CT molecular complexity index is 145. The first kappa shape index (κ1) is 21.2. The number of hydrazine groups is 1. The molecule has 0 radical (unpaired) electrons. The van der Waals surface area contributed by atoms with Crippen LogP contribution in [0.5, 0.6) is 0 Å². The summed E-state index contributed by atoms with van der Waals surface area (Å²) in [4.78, 5) is 9.39. The largest absolute Gasteiger partial charge is 0.465 e. The van der Waals surface area contributed by atoms with E-state index in [1.807, 2.05) is 0 Å². The van der Waals surface area contributed by atoms with Crippen LogP contribution in [0, 0.1) is 0 Å². The summed E-state index contributed by atoms with van der Waals surface area (Å²) in [6, 6.07) is 0.552. The highest BCUT2D eigenvalue weighted by Crippen LogP contribution is 1.98. The van der Waals surface area contributed by atoms with Crippen molar-refractivity contribution in [1.29, 1.82) is 0 Å². The van der Waals surface area contributed by atoms with Gasteiger partial charge in [-0.25, -0.2) is 0 Å². The van der Waals surface area contributed by atoms with Crippen LogP contribution in [-0.2, 0) is 9.53 Å². The summed E-state index contributed by atoms with van der Waals surface area (Å²) in [6.45, 7) is 6.26. The summed E-state index contributed by atoms with van der Waals surface area (Å²) in [5, 5.41) is 3.25. The molecule has 0 aromatic heterocycles. The topological polar surface area (TPSA) is 76.4 Å². The van der Waals surface area contributed by atoms with Crippen molar-refractivity contribution < 1.29 is 9.53 Å². The minimum Gasteiger partial charge on any atom is -0.465 e. The summed E-state index contributed by atoms with van der Waals surface area (Å²) in [5.74, 6) is 5.23. The molecule has 5 nitrogen and oxygen atoms in total. The number of nitrogens with one attached hydrogen (secondary N) is 2. The van der Waals surface area contributed by atoms with Gasteiger partial charge in [-0.2, -0.15) is 0 Å². The van der Waals surface area contributed by atoms with E-state index in [4.69, 9.17) is 5.84 Å². The van der Waals surface area contributed by atoms with E-state index in [2.05, 4.69) is 15.5 Å². The summed E-state index contributed by atoms with van der Waals surface area (Å²) in [5.41, 5.74) is 2.76. The van der Waals surface area contributed by atoms with Crippen LogP contribution in [-0.4, -0.2) is 31.7 Å². The average Bonchev–Trinajstić information content (AvgIpc) is 2.20. The Morgan fingerprint density at radius 3 is 2.06 bits per heavy atom. The maximum absolute atomic E-state index is 9.39. The number of hydrogen-bond acceptors (Lipinski definition) is 5. The second-order valence-corrected chi connectivity index (χ2v) is 3.47. The van der Waals surface area contributed by atoms with Gasteiger partial charge in [0.25, 0.3) is 6.47 Å². The lowest BCUT2D eigenvalue weighted by atomic mass is 10.1. The first-order valence-electron chi connectivity index (χ1n) is 4.96. The molecule has 0 aliphatic carbocycles. The van der Waals surface area contributed by atoms with Crippen molar-refractivity contribution in [3.63, 3.8) is 0 Å². The fourth-order valence-electron chi connectivity index (χ4n) is 1.10. The van der Waals surface area contributed by atoms with E-state index in [-0.39, 0.29) is 30.9 Å². The molecule has 0 unspecified atom stereocenters. The van der Waals surface area contributed by atoms with Crippen molar-refractivity contribution in [2.45, 2.75) is 38.8 Å². The molecule has 0 bridgehead atoms. The Balaban J connectivity index is -0.000000195. The number of rotatable bonds is 3. The monoisotopic (exact) mass is 275 g/mol.